The van der Waals surface area contributed by atoms with Crippen LogP contribution in [-0.2, 0) is 6.54 Å². The van der Waals surface area contributed by atoms with Gasteiger partial charge in [-0.15, -0.1) is 0 Å². The number of hydrogen-bond acceptors (Lipinski definition) is 2. The summed E-state index contributed by atoms with van der Waals surface area (Å²) in [6.07, 6.45) is -1.07. The van der Waals surface area contributed by atoms with Gasteiger partial charge in [0.25, 0.3) is 6.43 Å². The van der Waals surface area contributed by atoms with E-state index in [4.69, 9.17) is 0 Å². The van der Waals surface area contributed by atoms with E-state index in [-0.39, 0.29) is 5.69 Å². The Balaban J connectivity index is 2.78. The van der Waals surface area contributed by atoms with Crippen molar-refractivity contribution >= 4 is 0 Å². The van der Waals surface area contributed by atoms with Crippen LogP contribution in [0.25, 0.3) is 0 Å². The molecule has 0 aliphatic heterocycles. The van der Waals surface area contributed by atoms with Crippen molar-refractivity contribution in [3.63, 3.8) is 0 Å². The summed E-state index contributed by atoms with van der Waals surface area (Å²) in [7, 11) is 1.70. The fourth-order valence-electron chi connectivity index (χ4n) is 0.841. The monoisotopic (exact) mass is 161 g/mol. The van der Waals surface area contributed by atoms with Crippen molar-refractivity contribution in [3.8, 4) is 0 Å². The smallest absolute Gasteiger partial charge is 0.280 e. The van der Waals surface area contributed by atoms with Gasteiger partial charge >= 0.3 is 0 Å². The Morgan fingerprint density at radius 1 is 1.73 bits per heavy atom. The summed E-state index contributed by atoms with van der Waals surface area (Å²) >= 11 is 0. The highest BCUT2D eigenvalue weighted by molar-refractivity contribution is 5.16. The Kier molecular flexibility index (Phi) is 2.53. The molecule has 0 saturated heterocycles. The van der Waals surface area contributed by atoms with Gasteiger partial charge in [0.1, 0.15) is 5.69 Å². The third-order valence-electron chi connectivity index (χ3n) is 1.34. The summed E-state index contributed by atoms with van der Waals surface area (Å²) in [4.78, 5) is 0. The van der Waals surface area contributed by atoms with Crippen LogP contribution in [0.5, 0.6) is 0 Å². The predicted octanol–water partition coefficient (Wildman–Crippen LogP) is 1.07. The molecule has 0 aliphatic rings. The van der Waals surface area contributed by atoms with E-state index in [1.165, 1.54) is 6.20 Å². The minimum atomic E-state index is -2.47. The molecule has 1 heterocycles. The van der Waals surface area contributed by atoms with Crippen LogP contribution in [0.4, 0.5) is 8.78 Å². The SMILES string of the molecule is CNCc1cn[nH]c1C(F)F. The van der Waals surface area contributed by atoms with Gasteiger partial charge in [-0.25, -0.2) is 8.78 Å². The number of hydrogen-bond donors (Lipinski definition) is 2. The molecule has 0 fully saturated rings. The maximum Gasteiger partial charge on any atom is 0.280 e. The quantitative estimate of drug-likeness (QED) is 0.696. The van der Waals surface area contributed by atoms with Gasteiger partial charge in [0.2, 0.25) is 0 Å². The van der Waals surface area contributed by atoms with Gasteiger partial charge < -0.3 is 5.32 Å². The molecule has 0 unspecified atom stereocenters. The highest BCUT2D eigenvalue weighted by atomic mass is 19.3. The van der Waals surface area contributed by atoms with Gasteiger partial charge in [-0.3, -0.25) is 5.10 Å². The van der Waals surface area contributed by atoms with Gasteiger partial charge in [0, 0.05) is 12.1 Å². The largest absolute Gasteiger partial charge is 0.316 e. The Labute approximate surface area is 62.8 Å². The number of nitrogens with zero attached hydrogens (tertiary/aromatic N) is 1. The van der Waals surface area contributed by atoms with E-state index in [0.717, 1.165) is 0 Å². The molecule has 0 amide bonds. The minimum absolute atomic E-state index is 0.0978. The molecule has 0 aliphatic carbocycles. The molecule has 0 atom stereocenters. The van der Waals surface area contributed by atoms with Crippen molar-refractivity contribution in [2.24, 2.45) is 0 Å². The highest BCUT2D eigenvalue weighted by Gasteiger charge is 2.13. The normalized spacial score (nSPS) is 10.9. The molecule has 11 heavy (non-hydrogen) atoms. The van der Waals surface area contributed by atoms with Crippen LogP contribution in [0.3, 0.4) is 0 Å². The predicted molar refractivity (Wildman–Crippen MR) is 36.3 cm³/mol. The molecule has 0 aromatic carbocycles. The van der Waals surface area contributed by atoms with Gasteiger partial charge in [0.15, 0.2) is 0 Å². The van der Waals surface area contributed by atoms with E-state index in [9.17, 15) is 8.78 Å². The molecular formula is C6H9F2N3. The fraction of sp³-hybridized carbons (Fsp3) is 0.500. The topological polar surface area (TPSA) is 40.7 Å². The Morgan fingerprint density at radius 3 is 3.00 bits per heavy atom. The summed E-state index contributed by atoms with van der Waals surface area (Å²) in [5, 5.41) is 8.54. The van der Waals surface area contributed by atoms with Crippen LogP contribution in [0.2, 0.25) is 0 Å². The lowest BCUT2D eigenvalue weighted by Crippen LogP contribution is -2.06. The summed E-state index contributed by atoms with van der Waals surface area (Å²) in [5.74, 6) is 0. The van der Waals surface area contributed by atoms with Crippen LogP contribution in [-0.4, -0.2) is 17.2 Å². The standard InChI is InChI=1S/C6H9F2N3/c1-9-2-4-3-10-11-5(4)6(7)8/h3,6,9H,2H2,1H3,(H,10,11). The van der Waals surface area contributed by atoms with Crippen LogP contribution >= 0.6 is 0 Å². The number of aromatic nitrogens is 2. The van der Waals surface area contributed by atoms with E-state index in [0.29, 0.717) is 12.1 Å². The van der Waals surface area contributed by atoms with Gasteiger partial charge in [-0.1, -0.05) is 0 Å². The zero-order chi connectivity index (χ0) is 8.27. The molecule has 5 heteroatoms. The van der Waals surface area contributed by atoms with Crippen molar-refractivity contribution in [3.05, 3.63) is 17.5 Å². The molecular weight excluding hydrogens is 152 g/mol. The van der Waals surface area contributed by atoms with E-state index in [2.05, 4.69) is 15.5 Å². The summed E-state index contributed by atoms with van der Waals surface area (Å²) in [6.45, 7) is 0.413. The molecule has 0 saturated carbocycles. The lowest BCUT2D eigenvalue weighted by Gasteiger charge is -1.99. The zero-order valence-corrected chi connectivity index (χ0v) is 6.06. The number of halogens is 2. The van der Waals surface area contributed by atoms with Crippen molar-refractivity contribution < 1.29 is 8.78 Å². The molecule has 2 N–H and O–H groups in total. The van der Waals surface area contributed by atoms with Gasteiger partial charge in [-0.2, -0.15) is 5.10 Å². The first kappa shape index (κ1) is 8.13. The maximum atomic E-state index is 12.1. The van der Waals surface area contributed by atoms with Crippen LogP contribution < -0.4 is 5.32 Å². The fourth-order valence-corrected chi connectivity index (χ4v) is 0.841. The second kappa shape index (κ2) is 3.43. The molecule has 62 valence electrons. The van der Waals surface area contributed by atoms with Crippen LogP contribution in [0, 0.1) is 0 Å². The Hall–Kier alpha value is -0.970. The zero-order valence-electron chi connectivity index (χ0n) is 6.06. The molecule has 0 bridgehead atoms. The average molecular weight is 161 g/mol. The molecule has 3 nitrogen and oxygen atoms in total. The average Bonchev–Trinajstić information content (AvgIpc) is 2.36. The second-order valence-corrected chi connectivity index (χ2v) is 2.14. The Bertz CT molecular complexity index is 221. The molecule has 1 aromatic rings. The maximum absolute atomic E-state index is 12.1. The lowest BCUT2D eigenvalue weighted by atomic mass is 10.2. The second-order valence-electron chi connectivity index (χ2n) is 2.14. The molecule has 0 spiro atoms. The first-order chi connectivity index (χ1) is 5.25. The molecule has 1 aromatic heterocycles. The first-order valence-corrected chi connectivity index (χ1v) is 3.20. The first-order valence-electron chi connectivity index (χ1n) is 3.20. The highest BCUT2D eigenvalue weighted by Crippen LogP contribution is 2.19. The number of rotatable bonds is 3. The van der Waals surface area contributed by atoms with Gasteiger partial charge in [0.05, 0.1) is 6.20 Å². The van der Waals surface area contributed by atoms with Gasteiger partial charge in [-0.05, 0) is 7.05 Å². The third kappa shape index (κ3) is 1.74. The van der Waals surface area contributed by atoms with E-state index in [1.54, 1.807) is 7.05 Å². The molecule has 0 radical (unpaired) electrons. The summed E-state index contributed by atoms with van der Waals surface area (Å²) < 4.78 is 24.2. The number of aromatic amines is 1. The summed E-state index contributed by atoms with van der Waals surface area (Å²) in [5.41, 5.74) is 0.418. The molecule has 1 rings (SSSR count). The number of H-pyrrole nitrogens is 1. The van der Waals surface area contributed by atoms with E-state index >= 15 is 0 Å². The number of nitrogens with one attached hydrogen (secondary N) is 2. The summed E-state index contributed by atoms with van der Waals surface area (Å²) in [6, 6.07) is 0. The van der Waals surface area contributed by atoms with Crippen molar-refractivity contribution in [1.82, 2.24) is 15.5 Å². The van der Waals surface area contributed by atoms with Crippen LogP contribution in [0.1, 0.15) is 17.7 Å². The van der Waals surface area contributed by atoms with Crippen LogP contribution in [0.15, 0.2) is 6.20 Å². The lowest BCUT2D eigenvalue weighted by molar-refractivity contribution is 0.144. The number of alkyl halides is 2. The minimum Gasteiger partial charge on any atom is -0.316 e. The van der Waals surface area contributed by atoms with E-state index in [1.807, 2.05) is 0 Å². The third-order valence-corrected chi connectivity index (χ3v) is 1.34. The van der Waals surface area contributed by atoms with Crippen molar-refractivity contribution in [2.45, 2.75) is 13.0 Å². The van der Waals surface area contributed by atoms with E-state index < -0.39 is 6.43 Å². The van der Waals surface area contributed by atoms with Crippen molar-refractivity contribution in [2.75, 3.05) is 7.05 Å². The van der Waals surface area contributed by atoms with Crippen molar-refractivity contribution in [1.29, 1.82) is 0 Å². The Morgan fingerprint density at radius 2 is 2.45 bits per heavy atom.